The van der Waals surface area contributed by atoms with Gasteiger partial charge in [0.05, 0.1) is 4.47 Å². The molecule has 1 N–H and O–H groups in total. The molecule has 1 rings (SSSR count). The third kappa shape index (κ3) is 6.82. The van der Waals surface area contributed by atoms with Crippen molar-refractivity contribution in [3.8, 4) is 5.75 Å². The van der Waals surface area contributed by atoms with Gasteiger partial charge in [-0.25, -0.2) is 0 Å². The lowest BCUT2D eigenvalue weighted by Crippen LogP contribution is -2.26. The molecule has 2 nitrogen and oxygen atoms in total. The largest absolute Gasteiger partial charge is 0.573 e. The molecule has 0 saturated carbocycles. The highest BCUT2D eigenvalue weighted by molar-refractivity contribution is 9.10. The highest BCUT2D eigenvalue weighted by Crippen LogP contribution is 2.31. The van der Waals surface area contributed by atoms with Crippen LogP contribution in [0.25, 0.3) is 0 Å². The van der Waals surface area contributed by atoms with Gasteiger partial charge in [-0.3, -0.25) is 0 Å². The first kappa shape index (κ1) is 16.3. The summed E-state index contributed by atoms with van der Waals surface area (Å²) in [5.74, 6) is -0.230. The fraction of sp³-hybridized carbons (Fsp3) is 0.538. The van der Waals surface area contributed by atoms with Gasteiger partial charge in [-0.05, 0) is 39.0 Å². The Morgan fingerprint density at radius 2 is 1.84 bits per heavy atom. The van der Waals surface area contributed by atoms with Crippen LogP contribution in [0.15, 0.2) is 22.7 Å². The molecule has 6 heteroatoms. The van der Waals surface area contributed by atoms with E-state index >= 15 is 0 Å². The fourth-order valence-electron chi connectivity index (χ4n) is 1.44. The van der Waals surface area contributed by atoms with Crippen molar-refractivity contribution in [3.05, 3.63) is 28.2 Å². The summed E-state index contributed by atoms with van der Waals surface area (Å²) in [6, 6.07) is 4.55. The normalized spacial score (nSPS) is 12.6. The number of halogens is 4. The van der Waals surface area contributed by atoms with Gasteiger partial charge in [0.15, 0.2) is 0 Å². The lowest BCUT2D eigenvalue weighted by atomic mass is 9.97. The van der Waals surface area contributed by atoms with Gasteiger partial charge in [-0.2, -0.15) is 0 Å². The first-order valence-corrected chi connectivity index (χ1v) is 6.61. The molecule has 0 heterocycles. The number of hydrogen-bond donors (Lipinski definition) is 1. The number of benzene rings is 1. The Balaban J connectivity index is 2.62. The molecule has 1 aromatic rings. The van der Waals surface area contributed by atoms with Crippen molar-refractivity contribution < 1.29 is 17.9 Å². The maximum atomic E-state index is 12.1. The average molecular weight is 340 g/mol. The zero-order valence-corrected chi connectivity index (χ0v) is 12.7. The standard InChI is InChI=1S/C13H17BrF3NO/c1-12(2,3)8-18-7-9-4-5-11(10(14)6-9)19-13(15,16)17/h4-6,18H,7-8H2,1-3H3. The summed E-state index contributed by atoms with van der Waals surface area (Å²) in [5, 5.41) is 3.25. The summed E-state index contributed by atoms with van der Waals surface area (Å²) in [6.45, 7) is 7.75. The van der Waals surface area contributed by atoms with Crippen molar-refractivity contribution in [3.63, 3.8) is 0 Å². The van der Waals surface area contributed by atoms with Crippen LogP contribution in [-0.4, -0.2) is 12.9 Å². The molecule has 0 aliphatic heterocycles. The second-order valence-corrected chi connectivity index (χ2v) is 6.33. The van der Waals surface area contributed by atoms with Gasteiger partial charge in [-0.15, -0.1) is 13.2 Å². The summed E-state index contributed by atoms with van der Waals surface area (Å²) < 4.78 is 40.5. The van der Waals surface area contributed by atoms with E-state index in [9.17, 15) is 13.2 Å². The highest BCUT2D eigenvalue weighted by Gasteiger charge is 2.31. The Hall–Kier alpha value is -0.750. The molecule has 19 heavy (non-hydrogen) atoms. The number of nitrogens with one attached hydrogen (secondary N) is 1. The van der Waals surface area contributed by atoms with Crippen LogP contribution in [0.3, 0.4) is 0 Å². The Morgan fingerprint density at radius 3 is 2.32 bits per heavy atom. The predicted octanol–water partition coefficient (Wildman–Crippen LogP) is 4.48. The molecule has 108 valence electrons. The predicted molar refractivity (Wildman–Crippen MR) is 72.0 cm³/mol. The van der Waals surface area contributed by atoms with E-state index in [4.69, 9.17) is 0 Å². The Morgan fingerprint density at radius 1 is 1.21 bits per heavy atom. The molecule has 0 amide bonds. The van der Waals surface area contributed by atoms with Gasteiger partial charge in [-0.1, -0.05) is 26.8 Å². The van der Waals surface area contributed by atoms with E-state index in [-0.39, 0.29) is 11.2 Å². The van der Waals surface area contributed by atoms with E-state index in [0.29, 0.717) is 11.0 Å². The van der Waals surface area contributed by atoms with E-state index in [0.717, 1.165) is 12.1 Å². The third-order valence-electron chi connectivity index (χ3n) is 2.21. The molecule has 0 bridgehead atoms. The summed E-state index contributed by atoms with van der Waals surface area (Å²) >= 11 is 3.08. The molecule has 0 aliphatic carbocycles. The molecular weight excluding hydrogens is 323 g/mol. The minimum absolute atomic E-state index is 0.163. The van der Waals surface area contributed by atoms with Crippen LogP contribution in [-0.2, 0) is 6.54 Å². The molecule has 0 radical (unpaired) electrons. The monoisotopic (exact) mass is 339 g/mol. The second-order valence-electron chi connectivity index (χ2n) is 5.48. The summed E-state index contributed by atoms with van der Waals surface area (Å²) in [6.07, 6.45) is -4.67. The molecule has 0 aromatic heterocycles. The van der Waals surface area contributed by atoms with Gasteiger partial charge in [0.25, 0.3) is 0 Å². The van der Waals surface area contributed by atoms with Crippen LogP contribution in [0, 0.1) is 5.41 Å². The smallest absolute Gasteiger partial charge is 0.405 e. The van der Waals surface area contributed by atoms with Crippen LogP contribution >= 0.6 is 15.9 Å². The second kappa shape index (κ2) is 6.13. The SMILES string of the molecule is CC(C)(C)CNCc1ccc(OC(F)(F)F)c(Br)c1. The Kier molecular flexibility index (Phi) is 5.26. The molecule has 0 atom stereocenters. The van der Waals surface area contributed by atoms with E-state index in [1.165, 1.54) is 6.07 Å². The van der Waals surface area contributed by atoms with Crippen molar-refractivity contribution in [1.29, 1.82) is 0 Å². The van der Waals surface area contributed by atoms with Crippen molar-refractivity contribution in [2.75, 3.05) is 6.54 Å². The molecular formula is C13H17BrF3NO. The topological polar surface area (TPSA) is 21.3 Å². The molecule has 0 saturated heterocycles. The summed E-state index contributed by atoms with van der Waals surface area (Å²) in [4.78, 5) is 0. The van der Waals surface area contributed by atoms with E-state index in [1.54, 1.807) is 12.1 Å². The summed E-state index contributed by atoms with van der Waals surface area (Å²) in [7, 11) is 0. The minimum atomic E-state index is -4.67. The van der Waals surface area contributed by atoms with E-state index in [1.807, 2.05) is 0 Å². The van der Waals surface area contributed by atoms with Crippen molar-refractivity contribution in [2.24, 2.45) is 5.41 Å². The molecule has 0 aliphatic rings. The van der Waals surface area contributed by atoms with Gasteiger partial charge in [0.2, 0.25) is 0 Å². The van der Waals surface area contributed by atoms with Gasteiger partial charge < -0.3 is 10.1 Å². The van der Waals surface area contributed by atoms with Crippen LogP contribution in [0.1, 0.15) is 26.3 Å². The molecule has 0 spiro atoms. The van der Waals surface area contributed by atoms with Gasteiger partial charge in [0, 0.05) is 13.1 Å². The zero-order chi connectivity index (χ0) is 14.7. The molecule has 0 unspecified atom stereocenters. The Labute approximate surface area is 119 Å². The number of ether oxygens (including phenoxy) is 1. The zero-order valence-electron chi connectivity index (χ0n) is 11.1. The molecule has 1 aromatic carbocycles. The van der Waals surface area contributed by atoms with Crippen LogP contribution in [0.5, 0.6) is 5.75 Å². The van der Waals surface area contributed by atoms with Crippen molar-refractivity contribution >= 4 is 15.9 Å². The number of hydrogen-bond acceptors (Lipinski definition) is 2. The lowest BCUT2D eigenvalue weighted by Gasteiger charge is -2.19. The number of alkyl halides is 3. The average Bonchev–Trinajstić information content (AvgIpc) is 2.18. The number of rotatable bonds is 4. The maximum absolute atomic E-state index is 12.1. The Bertz CT molecular complexity index is 427. The maximum Gasteiger partial charge on any atom is 0.573 e. The fourth-order valence-corrected chi connectivity index (χ4v) is 1.95. The van der Waals surface area contributed by atoms with E-state index < -0.39 is 6.36 Å². The molecule has 0 fully saturated rings. The van der Waals surface area contributed by atoms with E-state index in [2.05, 4.69) is 46.8 Å². The first-order chi connectivity index (χ1) is 8.57. The lowest BCUT2D eigenvalue weighted by molar-refractivity contribution is -0.274. The van der Waals surface area contributed by atoms with Gasteiger partial charge >= 0.3 is 6.36 Å². The highest BCUT2D eigenvalue weighted by atomic mass is 79.9. The third-order valence-corrected chi connectivity index (χ3v) is 2.83. The van der Waals surface area contributed by atoms with Crippen molar-refractivity contribution in [1.82, 2.24) is 5.32 Å². The van der Waals surface area contributed by atoms with Crippen molar-refractivity contribution in [2.45, 2.75) is 33.7 Å². The van der Waals surface area contributed by atoms with Crippen LogP contribution in [0.4, 0.5) is 13.2 Å². The quantitative estimate of drug-likeness (QED) is 0.872. The minimum Gasteiger partial charge on any atom is -0.405 e. The van der Waals surface area contributed by atoms with Crippen LogP contribution < -0.4 is 10.1 Å². The van der Waals surface area contributed by atoms with Crippen LogP contribution in [0.2, 0.25) is 0 Å². The van der Waals surface area contributed by atoms with Gasteiger partial charge in [0.1, 0.15) is 5.75 Å². The first-order valence-electron chi connectivity index (χ1n) is 5.82. The summed E-state index contributed by atoms with van der Waals surface area (Å²) in [5.41, 5.74) is 1.06.